The number of aromatic nitrogens is 5. The van der Waals surface area contributed by atoms with E-state index in [2.05, 4.69) is 20.7 Å². The highest BCUT2D eigenvalue weighted by Gasteiger charge is 2.47. The van der Waals surface area contributed by atoms with Gasteiger partial charge in [0, 0.05) is 33.3 Å². The summed E-state index contributed by atoms with van der Waals surface area (Å²) in [6.07, 6.45) is 2.44. The summed E-state index contributed by atoms with van der Waals surface area (Å²) in [5, 5.41) is 14.2. The second-order valence-electron chi connectivity index (χ2n) is 6.60. The molecule has 1 aliphatic rings. The normalized spacial score (nSPS) is 18.4. The molecule has 1 N–H and O–H groups in total. The van der Waals surface area contributed by atoms with Gasteiger partial charge in [-0.25, -0.2) is 13.5 Å². The van der Waals surface area contributed by atoms with E-state index in [1.807, 2.05) is 0 Å². The Kier molecular flexibility index (Phi) is 5.68. The molecule has 2 aromatic rings. The van der Waals surface area contributed by atoms with E-state index in [4.69, 9.17) is 4.74 Å². The summed E-state index contributed by atoms with van der Waals surface area (Å²) < 4.78 is 35.6. The number of carbonyl (C=O) groups is 2. The van der Waals surface area contributed by atoms with Crippen LogP contribution in [0.1, 0.15) is 27.4 Å². The summed E-state index contributed by atoms with van der Waals surface area (Å²) in [4.78, 5) is 25.7. The largest absolute Gasteiger partial charge is 0.383 e. The highest BCUT2D eigenvalue weighted by Crippen LogP contribution is 2.33. The van der Waals surface area contributed by atoms with E-state index in [1.165, 1.54) is 28.7 Å². The maximum Gasteiger partial charge on any atom is 0.274 e. The number of nitrogens with zero attached hydrogens (tertiary/aromatic N) is 6. The van der Waals surface area contributed by atoms with Crippen molar-refractivity contribution in [3.05, 3.63) is 29.8 Å². The van der Waals surface area contributed by atoms with Gasteiger partial charge in [0.2, 0.25) is 0 Å². The van der Waals surface area contributed by atoms with Gasteiger partial charge in [0.05, 0.1) is 31.9 Å². The van der Waals surface area contributed by atoms with Crippen LogP contribution in [0.3, 0.4) is 0 Å². The lowest BCUT2D eigenvalue weighted by molar-refractivity contribution is 0.0116. The first kappa shape index (κ1) is 19.9. The van der Waals surface area contributed by atoms with Gasteiger partial charge in [-0.05, 0) is 6.07 Å². The minimum absolute atomic E-state index is 0.00743. The summed E-state index contributed by atoms with van der Waals surface area (Å²) in [5.74, 6) is -4.02. The van der Waals surface area contributed by atoms with E-state index in [-0.39, 0.29) is 17.9 Å². The first-order valence-electron chi connectivity index (χ1n) is 8.65. The summed E-state index contributed by atoms with van der Waals surface area (Å²) in [6, 6.07) is 0.684. The molecular weight excluding hydrogens is 376 g/mol. The number of ether oxygens (including phenoxy) is 1. The standard InChI is InChI=1S/C16H21F2N7O3/c1-23-5-3-12(21-23)15(27)25-10-16(17,18)7-11(25)8-24-9-13(20-22-24)14(26)19-4-6-28-2/h3,5,9,11H,4,6-8,10H2,1-2H3,(H,19,26)/t11-/m0/s1. The molecule has 0 radical (unpaired) electrons. The molecule has 10 nitrogen and oxygen atoms in total. The molecule has 3 heterocycles. The molecule has 0 spiro atoms. The number of hydrogen-bond donors (Lipinski definition) is 1. The van der Waals surface area contributed by atoms with Gasteiger partial charge in [-0.3, -0.25) is 14.3 Å². The predicted octanol–water partition coefficient (Wildman–Crippen LogP) is -0.0622. The fraction of sp³-hybridized carbons (Fsp3) is 0.562. The van der Waals surface area contributed by atoms with Gasteiger partial charge in [0.25, 0.3) is 17.7 Å². The van der Waals surface area contributed by atoms with Crippen molar-refractivity contribution >= 4 is 11.8 Å². The van der Waals surface area contributed by atoms with Crippen LogP contribution in [0.2, 0.25) is 0 Å². The van der Waals surface area contributed by atoms with Crippen LogP contribution >= 0.6 is 0 Å². The quantitative estimate of drug-likeness (QED) is 0.656. The predicted molar refractivity (Wildman–Crippen MR) is 91.8 cm³/mol. The smallest absolute Gasteiger partial charge is 0.274 e. The first-order valence-corrected chi connectivity index (χ1v) is 8.65. The van der Waals surface area contributed by atoms with Crippen molar-refractivity contribution in [3.63, 3.8) is 0 Å². The van der Waals surface area contributed by atoms with E-state index in [0.29, 0.717) is 13.2 Å². The summed E-state index contributed by atoms with van der Waals surface area (Å²) in [7, 11) is 3.15. The molecule has 0 aromatic carbocycles. The van der Waals surface area contributed by atoms with Gasteiger partial charge in [0.15, 0.2) is 5.69 Å². The Morgan fingerprint density at radius 1 is 1.39 bits per heavy atom. The lowest BCUT2D eigenvalue weighted by Gasteiger charge is -2.22. The third-order valence-electron chi connectivity index (χ3n) is 4.33. The number of likely N-dealkylation sites (tertiary alicyclic amines) is 1. The second-order valence-corrected chi connectivity index (χ2v) is 6.60. The van der Waals surface area contributed by atoms with Crippen molar-refractivity contribution in [1.29, 1.82) is 0 Å². The van der Waals surface area contributed by atoms with E-state index < -0.39 is 36.7 Å². The molecular formula is C16H21F2N7O3. The van der Waals surface area contributed by atoms with Crippen LogP contribution in [0.25, 0.3) is 0 Å². The van der Waals surface area contributed by atoms with Gasteiger partial charge >= 0.3 is 0 Å². The monoisotopic (exact) mass is 397 g/mol. The number of nitrogens with one attached hydrogen (secondary N) is 1. The Morgan fingerprint density at radius 3 is 2.86 bits per heavy atom. The Balaban J connectivity index is 1.69. The zero-order chi connectivity index (χ0) is 20.3. The fourth-order valence-electron chi connectivity index (χ4n) is 3.04. The van der Waals surface area contributed by atoms with Crippen LogP contribution in [0.5, 0.6) is 0 Å². The molecule has 28 heavy (non-hydrogen) atoms. The lowest BCUT2D eigenvalue weighted by Crippen LogP contribution is -2.39. The van der Waals surface area contributed by atoms with Crippen molar-refractivity contribution in [2.45, 2.75) is 24.9 Å². The van der Waals surface area contributed by atoms with Gasteiger partial charge in [-0.1, -0.05) is 5.21 Å². The lowest BCUT2D eigenvalue weighted by atomic mass is 10.2. The van der Waals surface area contributed by atoms with Crippen molar-refractivity contribution in [2.75, 3.05) is 26.8 Å². The molecule has 1 aliphatic heterocycles. The number of alkyl halides is 2. The number of rotatable bonds is 7. The molecule has 1 atom stereocenters. The summed E-state index contributed by atoms with van der Waals surface area (Å²) >= 11 is 0. The zero-order valence-electron chi connectivity index (χ0n) is 15.5. The topological polar surface area (TPSA) is 107 Å². The molecule has 0 saturated carbocycles. The molecule has 3 rings (SSSR count). The van der Waals surface area contributed by atoms with Crippen LogP contribution < -0.4 is 5.32 Å². The second kappa shape index (κ2) is 8.00. The molecule has 12 heteroatoms. The summed E-state index contributed by atoms with van der Waals surface area (Å²) in [6.45, 7) is -0.0380. The SMILES string of the molecule is COCCNC(=O)c1cn(C[C@@H]2CC(F)(F)CN2C(=O)c2ccn(C)n2)nn1. The summed E-state index contributed by atoms with van der Waals surface area (Å²) in [5.41, 5.74) is 0.158. The van der Waals surface area contributed by atoms with Gasteiger partial charge in [0.1, 0.15) is 5.69 Å². The average molecular weight is 397 g/mol. The number of aryl methyl sites for hydroxylation is 1. The number of amides is 2. The molecule has 152 valence electrons. The Labute approximate surface area is 159 Å². The highest BCUT2D eigenvalue weighted by atomic mass is 19.3. The first-order chi connectivity index (χ1) is 13.3. The van der Waals surface area contributed by atoms with Crippen LogP contribution in [0, 0.1) is 0 Å². The van der Waals surface area contributed by atoms with Crippen LogP contribution in [0.4, 0.5) is 8.78 Å². The fourth-order valence-corrected chi connectivity index (χ4v) is 3.04. The third kappa shape index (κ3) is 4.50. The molecule has 1 saturated heterocycles. The van der Waals surface area contributed by atoms with Crippen molar-refractivity contribution in [1.82, 2.24) is 35.0 Å². The molecule has 1 fully saturated rings. The minimum atomic E-state index is -3.00. The number of carbonyl (C=O) groups excluding carboxylic acids is 2. The Hall–Kier alpha value is -2.89. The van der Waals surface area contributed by atoms with Gasteiger partial charge in [-0.15, -0.1) is 5.10 Å². The maximum absolute atomic E-state index is 14.0. The van der Waals surface area contributed by atoms with Crippen LogP contribution in [-0.4, -0.2) is 80.3 Å². The van der Waals surface area contributed by atoms with Crippen molar-refractivity contribution in [2.24, 2.45) is 7.05 Å². The van der Waals surface area contributed by atoms with E-state index in [9.17, 15) is 18.4 Å². The minimum Gasteiger partial charge on any atom is -0.383 e. The number of methoxy groups -OCH3 is 1. The number of hydrogen-bond acceptors (Lipinski definition) is 6. The van der Waals surface area contributed by atoms with E-state index >= 15 is 0 Å². The molecule has 0 bridgehead atoms. The maximum atomic E-state index is 14.0. The Bertz CT molecular complexity index is 851. The highest BCUT2D eigenvalue weighted by molar-refractivity contribution is 5.93. The van der Waals surface area contributed by atoms with Crippen molar-refractivity contribution in [3.8, 4) is 0 Å². The molecule has 2 amide bonds. The van der Waals surface area contributed by atoms with Gasteiger partial charge < -0.3 is 15.0 Å². The van der Waals surface area contributed by atoms with Crippen LogP contribution in [-0.2, 0) is 18.3 Å². The third-order valence-corrected chi connectivity index (χ3v) is 4.33. The Morgan fingerprint density at radius 2 is 2.18 bits per heavy atom. The van der Waals surface area contributed by atoms with Crippen molar-refractivity contribution < 1.29 is 23.1 Å². The molecule has 2 aromatic heterocycles. The average Bonchev–Trinajstić information content (AvgIpc) is 3.34. The number of halogens is 2. The van der Waals surface area contributed by atoms with E-state index in [1.54, 1.807) is 13.2 Å². The van der Waals surface area contributed by atoms with Gasteiger partial charge in [-0.2, -0.15) is 5.10 Å². The molecule has 0 unspecified atom stereocenters. The van der Waals surface area contributed by atoms with E-state index in [0.717, 1.165) is 4.90 Å². The zero-order valence-corrected chi connectivity index (χ0v) is 15.5. The van der Waals surface area contributed by atoms with Crippen LogP contribution in [0.15, 0.2) is 18.5 Å². The molecule has 0 aliphatic carbocycles.